The number of aliphatic carboxylic acids is 1. The number of imidazole rings is 1. The molecular formula is C11H13BrN2O2. The van der Waals surface area contributed by atoms with Crippen LogP contribution in [0.5, 0.6) is 0 Å². The van der Waals surface area contributed by atoms with E-state index in [4.69, 9.17) is 5.11 Å². The molecule has 2 atom stereocenters. The van der Waals surface area contributed by atoms with Gasteiger partial charge in [-0.1, -0.05) is 0 Å². The molecule has 1 aromatic heterocycles. The second-order valence-electron chi connectivity index (χ2n) is 4.60. The third-order valence-electron chi connectivity index (χ3n) is 3.54. The van der Waals surface area contributed by atoms with Gasteiger partial charge in [-0.05, 0) is 41.6 Å². The third-order valence-corrected chi connectivity index (χ3v) is 4.17. The molecule has 2 heterocycles. The van der Waals surface area contributed by atoms with Crippen molar-refractivity contribution in [3.63, 3.8) is 0 Å². The first kappa shape index (κ1) is 10.3. The Balaban J connectivity index is 1.94. The molecule has 86 valence electrons. The van der Waals surface area contributed by atoms with Crippen molar-refractivity contribution < 1.29 is 9.90 Å². The number of fused-ring (bicyclic) bond motifs is 1. The molecule has 2 unspecified atom stereocenters. The quantitative estimate of drug-likeness (QED) is 0.906. The van der Waals surface area contributed by atoms with Crippen LogP contribution in [0.2, 0.25) is 0 Å². The van der Waals surface area contributed by atoms with Gasteiger partial charge in [0.15, 0.2) is 0 Å². The molecule has 1 saturated carbocycles. The standard InChI is InChI=1S/C11H13BrN2O2/c12-9-8-3-1-2-4-14(8)10(13-9)6-5-7(6)11(15)16/h6-7H,1-5H2,(H,15,16). The number of carbonyl (C=O) groups is 1. The van der Waals surface area contributed by atoms with E-state index in [2.05, 4.69) is 25.5 Å². The number of carboxylic acids is 1. The summed E-state index contributed by atoms with van der Waals surface area (Å²) in [5, 5.41) is 8.95. The molecule has 2 aliphatic rings. The highest BCUT2D eigenvalue weighted by atomic mass is 79.9. The molecule has 4 nitrogen and oxygen atoms in total. The summed E-state index contributed by atoms with van der Waals surface area (Å²) in [4.78, 5) is 15.4. The summed E-state index contributed by atoms with van der Waals surface area (Å²) in [7, 11) is 0. The van der Waals surface area contributed by atoms with Gasteiger partial charge in [-0.15, -0.1) is 0 Å². The van der Waals surface area contributed by atoms with Crippen LogP contribution < -0.4 is 0 Å². The van der Waals surface area contributed by atoms with Gasteiger partial charge in [-0.2, -0.15) is 0 Å². The number of halogens is 1. The normalized spacial score (nSPS) is 27.6. The van der Waals surface area contributed by atoms with Crippen LogP contribution in [-0.4, -0.2) is 20.6 Å². The van der Waals surface area contributed by atoms with Crippen LogP contribution in [0.25, 0.3) is 0 Å². The van der Waals surface area contributed by atoms with Crippen molar-refractivity contribution >= 4 is 21.9 Å². The molecule has 0 saturated heterocycles. The highest BCUT2D eigenvalue weighted by molar-refractivity contribution is 9.10. The Kier molecular flexibility index (Phi) is 2.31. The lowest BCUT2D eigenvalue weighted by Crippen LogP contribution is -2.13. The first-order valence-corrected chi connectivity index (χ1v) is 6.45. The van der Waals surface area contributed by atoms with E-state index < -0.39 is 5.97 Å². The van der Waals surface area contributed by atoms with Crippen LogP contribution in [0.4, 0.5) is 0 Å². The maximum atomic E-state index is 10.9. The number of nitrogens with zero attached hydrogens (tertiary/aromatic N) is 2. The molecule has 0 spiro atoms. The lowest BCUT2D eigenvalue weighted by molar-refractivity contribution is -0.138. The molecule has 5 heteroatoms. The molecule has 0 amide bonds. The highest BCUT2D eigenvalue weighted by Gasteiger charge is 2.47. The fraction of sp³-hybridized carbons (Fsp3) is 0.636. The van der Waals surface area contributed by atoms with Crippen molar-refractivity contribution in [2.45, 2.75) is 38.1 Å². The van der Waals surface area contributed by atoms with Crippen LogP contribution in [0.3, 0.4) is 0 Å². The molecule has 0 aromatic carbocycles. The number of hydrogen-bond acceptors (Lipinski definition) is 2. The van der Waals surface area contributed by atoms with Crippen molar-refractivity contribution in [1.82, 2.24) is 9.55 Å². The smallest absolute Gasteiger partial charge is 0.307 e. The maximum absolute atomic E-state index is 10.9. The number of carboxylic acid groups (broad SMARTS) is 1. The minimum Gasteiger partial charge on any atom is -0.481 e. The monoisotopic (exact) mass is 284 g/mol. The summed E-state index contributed by atoms with van der Waals surface area (Å²) < 4.78 is 3.14. The number of rotatable bonds is 2. The van der Waals surface area contributed by atoms with Gasteiger partial charge in [-0.3, -0.25) is 4.79 Å². The zero-order chi connectivity index (χ0) is 11.3. The van der Waals surface area contributed by atoms with Gasteiger partial charge in [-0.25, -0.2) is 4.98 Å². The van der Waals surface area contributed by atoms with E-state index in [9.17, 15) is 4.79 Å². The Morgan fingerprint density at radius 2 is 2.31 bits per heavy atom. The lowest BCUT2D eigenvalue weighted by atomic mass is 10.1. The Morgan fingerprint density at radius 3 is 3.00 bits per heavy atom. The summed E-state index contributed by atoms with van der Waals surface area (Å²) in [5.41, 5.74) is 1.25. The van der Waals surface area contributed by atoms with E-state index in [1.165, 1.54) is 18.5 Å². The minimum absolute atomic E-state index is 0.139. The summed E-state index contributed by atoms with van der Waals surface area (Å²) in [6, 6.07) is 0. The van der Waals surface area contributed by atoms with E-state index >= 15 is 0 Å². The molecule has 1 fully saturated rings. The predicted molar refractivity (Wildman–Crippen MR) is 61.3 cm³/mol. The first-order chi connectivity index (χ1) is 7.68. The molecule has 3 rings (SSSR count). The molecule has 0 bridgehead atoms. The largest absolute Gasteiger partial charge is 0.481 e. The summed E-state index contributed by atoms with van der Waals surface area (Å²) >= 11 is 3.48. The van der Waals surface area contributed by atoms with E-state index in [0.717, 1.165) is 29.8 Å². The number of aromatic nitrogens is 2. The maximum Gasteiger partial charge on any atom is 0.307 e. The fourth-order valence-corrected chi connectivity index (χ4v) is 3.16. The number of hydrogen-bond donors (Lipinski definition) is 1. The molecule has 0 radical (unpaired) electrons. The Morgan fingerprint density at radius 1 is 1.50 bits per heavy atom. The van der Waals surface area contributed by atoms with E-state index in [0.29, 0.717) is 0 Å². The molecule has 1 aromatic rings. The molecule has 16 heavy (non-hydrogen) atoms. The van der Waals surface area contributed by atoms with Crippen LogP contribution >= 0.6 is 15.9 Å². The van der Waals surface area contributed by atoms with Gasteiger partial charge >= 0.3 is 5.97 Å². The average Bonchev–Trinajstić information content (AvgIpc) is 3.00. The van der Waals surface area contributed by atoms with Crippen LogP contribution in [-0.2, 0) is 17.8 Å². The van der Waals surface area contributed by atoms with Crippen LogP contribution in [0, 0.1) is 5.92 Å². The van der Waals surface area contributed by atoms with E-state index in [1.807, 2.05) is 0 Å². The van der Waals surface area contributed by atoms with Gasteiger partial charge in [0.25, 0.3) is 0 Å². The summed E-state index contributed by atoms with van der Waals surface area (Å²) in [6.07, 6.45) is 4.18. The summed E-state index contributed by atoms with van der Waals surface area (Å²) in [6.45, 7) is 0.992. The fourth-order valence-electron chi connectivity index (χ4n) is 2.56. The van der Waals surface area contributed by atoms with Gasteiger partial charge in [0, 0.05) is 12.5 Å². The van der Waals surface area contributed by atoms with Crippen LogP contribution in [0.15, 0.2) is 4.60 Å². The van der Waals surface area contributed by atoms with Gasteiger partial charge in [0.2, 0.25) is 0 Å². The topological polar surface area (TPSA) is 55.1 Å². The Bertz CT molecular complexity index is 455. The summed E-state index contributed by atoms with van der Waals surface area (Å²) in [5.74, 6) is 0.226. The van der Waals surface area contributed by atoms with Gasteiger partial charge in [0.05, 0.1) is 11.6 Å². The van der Waals surface area contributed by atoms with Crippen LogP contribution in [0.1, 0.15) is 36.7 Å². The van der Waals surface area contributed by atoms with Gasteiger partial charge in [0.1, 0.15) is 10.4 Å². The minimum atomic E-state index is -0.686. The second kappa shape index (κ2) is 3.58. The molecule has 1 N–H and O–H groups in total. The zero-order valence-corrected chi connectivity index (χ0v) is 10.4. The Labute approximate surface area is 102 Å². The molecular weight excluding hydrogens is 272 g/mol. The van der Waals surface area contributed by atoms with Crippen molar-refractivity contribution in [1.29, 1.82) is 0 Å². The molecule has 1 aliphatic heterocycles. The Hall–Kier alpha value is -0.840. The lowest BCUT2D eigenvalue weighted by Gasteiger charge is -2.16. The predicted octanol–water partition coefficient (Wildman–Crippen LogP) is 2.17. The highest BCUT2D eigenvalue weighted by Crippen LogP contribution is 2.48. The van der Waals surface area contributed by atoms with Crippen molar-refractivity contribution in [3.05, 3.63) is 16.1 Å². The SMILES string of the molecule is O=C(O)C1CC1c1nc(Br)c2n1CCCC2. The van der Waals surface area contributed by atoms with Crippen molar-refractivity contribution in [2.24, 2.45) is 5.92 Å². The zero-order valence-electron chi connectivity index (χ0n) is 8.82. The first-order valence-electron chi connectivity index (χ1n) is 5.66. The second-order valence-corrected chi connectivity index (χ2v) is 5.35. The molecule has 1 aliphatic carbocycles. The van der Waals surface area contributed by atoms with E-state index in [-0.39, 0.29) is 11.8 Å². The van der Waals surface area contributed by atoms with Gasteiger partial charge < -0.3 is 9.67 Å². The third kappa shape index (κ3) is 1.49. The van der Waals surface area contributed by atoms with E-state index in [1.54, 1.807) is 0 Å². The van der Waals surface area contributed by atoms with Crippen molar-refractivity contribution in [2.75, 3.05) is 0 Å². The average molecular weight is 285 g/mol. The van der Waals surface area contributed by atoms with Crippen molar-refractivity contribution in [3.8, 4) is 0 Å².